The summed E-state index contributed by atoms with van der Waals surface area (Å²) < 4.78 is 0. The van der Waals surface area contributed by atoms with Crippen LogP contribution in [0.3, 0.4) is 0 Å². The number of amides is 1. The van der Waals surface area contributed by atoms with Gasteiger partial charge in [-0.1, -0.05) is 30.3 Å². The molecular formula is C15H13NO3. The fraction of sp³-hybridized carbons (Fsp3) is 0.0667. The van der Waals surface area contributed by atoms with Crippen LogP contribution in [0.15, 0.2) is 48.5 Å². The Hall–Kier alpha value is -2.62. The van der Waals surface area contributed by atoms with Crippen LogP contribution in [0.5, 0.6) is 5.75 Å². The van der Waals surface area contributed by atoms with Crippen molar-refractivity contribution >= 4 is 11.7 Å². The Morgan fingerprint density at radius 3 is 2.32 bits per heavy atom. The summed E-state index contributed by atoms with van der Waals surface area (Å²) in [5.41, 5.74) is 0.915. The molecule has 0 fully saturated rings. The molecule has 2 N–H and O–H groups in total. The molecular weight excluding hydrogens is 242 g/mol. The summed E-state index contributed by atoms with van der Waals surface area (Å²) in [5, 5.41) is 12.2. The summed E-state index contributed by atoms with van der Waals surface area (Å²) in [6, 6.07) is 12.8. The van der Waals surface area contributed by atoms with Crippen LogP contribution in [-0.4, -0.2) is 23.8 Å². The summed E-state index contributed by atoms with van der Waals surface area (Å²) in [4.78, 5) is 23.8. The first-order valence-corrected chi connectivity index (χ1v) is 5.78. The van der Waals surface area contributed by atoms with Gasteiger partial charge >= 0.3 is 0 Å². The number of hydrogen-bond acceptors (Lipinski definition) is 3. The first-order valence-electron chi connectivity index (χ1n) is 5.78. The predicted octanol–water partition coefficient (Wildman–Crippen LogP) is 1.98. The molecule has 0 atom stereocenters. The monoisotopic (exact) mass is 255 g/mol. The second kappa shape index (κ2) is 5.35. The summed E-state index contributed by atoms with van der Waals surface area (Å²) in [6.45, 7) is 0. The van der Waals surface area contributed by atoms with Crippen LogP contribution >= 0.6 is 0 Å². The summed E-state index contributed by atoms with van der Waals surface area (Å²) in [6.07, 6.45) is 0. The van der Waals surface area contributed by atoms with Crippen LogP contribution < -0.4 is 5.32 Å². The number of carbonyl (C=O) groups excluding carboxylic acids is 2. The Labute approximate surface area is 110 Å². The minimum Gasteiger partial charge on any atom is -0.507 e. The number of ketones is 1. The first-order chi connectivity index (χ1) is 9.13. The molecule has 4 nitrogen and oxygen atoms in total. The van der Waals surface area contributed by atoms with Crippen molar-refractivity contribution in [2.24, 2.45) is 0 Å². The van der Waals surface area contributed by atoms with Crippen molar-refractivity contribution in [3.8, 4) is 5.75 Å². The van der Waals surface area contributed by atoms with Crippen molar-refractivity contribution in [3.63, 3.8) is 0 Å². The third kappa shape index (κ3) is 2.63. The molecule has 2 rings (SSSR count). The van der Waals surface area contributed by atoms with Crippen LogP contribution in [0.25, 0.3) is 0 Å². The van der Waals surface area contributed by atoms with E-state index in [0.717, 1.165) is 0 Å². The average molecular weight is 255 g/mol. The van der Waals surface area contributed by atoms with Crippen molar-refractivity contribution in [1.82, 2.24) is 5.32 Å². The van der Waals surface area contributed by atoms with Gasteiger partial charge in [0.15, 0.2) is 5.78 Å². The molecule has 0 aliphatic heterocycles. The number of nitrogens with one attached hydrogen (secondary N) is 1. The number of phenols is 1. The molecule has 4 heteroatoms. The fourth-order valence-corrected chi connectivity index (χ4v) is 1.75. The molecule has 0 aliphatic rings. The van der Waals surface area contributed by atoms with Crippen molar-refractivity contribution in [2.75, 3.05) is 7.05 Å². The van der Waals surface area contributed by atoms with Gasteiger partial charge in [0, 0.05) is 18.2 Å². The lowest BCUT2D eigenvalue weighted by atomic mass is 10.00. The number of phenolic OH excluding ortho intramolecular Hbond substituents is 1. The molecule has 0 saturated carbocycles. The van der Waals surface area contributed by atoms with E-state index in [2.05, 4.69) is 5.32 Å². The van der Waals surface area contributed by atoms with Gasteiger partial charge in [-0.3, -0.25) is 9.59 Å². The van der Waals surface area contributed by atoms with Crippen LogP contribution in [-0.2, 0) is 0 Å². The zero-order valence-corrected chi connectivity index (χ0v) is 10.4. The van der Waals surface area contributed by atoms with E-state index in [1.165, 1.54) is 25.2 Å². The molecule has 0 bridgehead atoms. The molecule has 19 heavy (non-hydrogen) atoms. The van der Waals surface area contributed by atoms with Crippen LogP contribution in [0.1, 0.15) is 26.3 Å². The maximum atomic E-state index is 12.2. The van der Waals surface area contributed by atoms with Crippen molar-refractivity contribution in [1.29, 1.82) is 0 Å². The zero-order chi connectivity index (χ0) is 13.8. The highest BCUT2D eigenvalue weighted by Crippen LogP contribution is 2.22. The second-order valence-corrected chi connectivity index (χ2v) is 4.01. The molecule has 0 aromatic heterocycles. The molecule has 0 spiro atoms. The molecule has 0 saturated heterocycles. The number of benzene rings is 2. The van der Waals surface area contributed by atoms with E-state index in [4.69, 9.17) is 0 Å². The SMILES string of the molecule is CNC(=O)c1ccc(O)c(C(=O)c2ccccc2)c1. The standard InChI is InChI=1S/C15H13NO3/c1-16-15(19)11-7-8-13(17)12(9-11)14(18)10-5-3-2-4-6-10/h2-9,17H,1H3,(H,16,19). The van der Waals surface area contributed by atoms with Crippen molar-refractivity contribution in [3.05, 3.63) is 65.2 Å². The normalized spacial score (nSPS) is 9.95. The van der Waals surface area contributed by atoms with Crippen LogP contribution in [0.2, 0.25) is 0 Å². The van der Waals surface area contributed by atoms with E-state index in [9.17, 15) is 14.7 Å². The molecule has 1 amide bonds. The maximum absolute atomic E-state index is 12.2. The summed E-state index contributed by atoms with van der Waals surface area (Å²) in [7, 11) is 1.51. The van der Waals surface area contributed by atoms with Gasteiger partial charge in [0.05, 0.1) is 5.56 Å². The Balaban J connectivity index is 2.44. The van der Waals surface area contributed by atoms with Gasteiger partial charge in [0.25, 0.3) is 5.91 Å². The van der Waals surface area contributed by atoms with E-state index in [-0.39, 0.29) is 23.0 Å². The van der Waals surface area contributed by atoms with Gasteiger partial charge in [-0.15, -0.1) is 0 Å². The van der Waals surface area contributed by atoms with E-state index in [0.29, 0.717) is 11.1 Å². The number of hydrogen-bond donors (Lipinski definition) is 2. The molecule has 0 aliphatic carbocycles. The Morgan fingerprint density at radius 2 is 1.68 bits per heavy atom. The van der Waals surface area contributed by atoms with Gasteiger partial charge in [0.1, 0.15) is 5.75 Å². The molecule has 2 aromatic rings. The Kier molecular flexibility index (Phi) is 3.61. The van der Waals surface area contributed by atoms with Crippen LogP contribution in [0.4, 0.5) is 0 Å². The van der Waals surface area contributed by atoms with Crippen LogP contribution in [0, 0.1) is 0 Å². The lowest BCUT2D eigenvalue weighted by molar-refractivity contribution is 0.0963. The Bertz CT molecular complexity index is 621. The predicted molar refractivity (Wildman–Crippen MR) is 71.4 cm³/mol. The second-order valence-electron chi connectivity index (χ2n) is 4.01. The summed E-state index contributed by atoms with van der Waals surface area (Å²) in [5.74, 6) is -0.757. The molecule has 0 heterocycles. The average Bonchev–Trinajstić information content (AvgIpc) is 2.47. The van der Waals surface area contributed by atoms with Crippen molar-refractivity contribution < 1.29 is 14.7 Å². The number of aromatic hydroxyl groups is 1. The third-order valence-corrected chi connectivity index (χ3v) is 2.77. The van der Waals surface area contributed by atoms with E-state index >= 15 is 0 Å². The molecule has 2 aromatic carbocycles. The highest BCUT2D eigenvalue weighted by atomic mass is 16.3. The van der Waals surface area contributed by atoms with E-state index in [1.807, 2.05) is 0 Å². The molecule has 0 radical (unpaired) electrons. The first kappa shape index (κ1) is 12.8. The minimum atomic E-state index is -0.316. The maximum Gasteiger partial charge on any atom is 0.251 e. The zero-order valence-electron chi connectivity index (χ0n) is 10.4. The molecule has 0 unspecified atom stereocenters. The lowest BCUT2D eigenvalue weighted by Gasteiger charge is -2.06. The third-order valence-electron chi connectivity index (χ3n) is 2.77. The topological polar surface area (TPSA) is 66.4 Å². The van der Waals surface area contributed by atoms with Crippen molar-refractivity contribution in [2.45, 2.75) is 0 Å². The van der Waals surface area contributed by atoms with E-state index < -0.39 is 0 Å². The largest absolute Gasteiger partial charge is 0.507 e. The van der Waals surface area contributed by atoms with Gasteiger partial charge < -0.3 is 10.4 Å². The van der Waals surface area contributed by atoms with Gasteiger partial charge in [0.2, 0.25) is 0 Å². The fourth-order valence-electron chi connectivity index (χ4n) is 1.75. The number of carbonyl (C=O) groups is 2. The minimum absolute atomic E-state index is 0.118. The smallest absolute Gasteiger partial charge is 0.251 e. The lowest BCUT2D eigenvalue weighted by Crippen LogP contribution is -2.18. The highest BCUT2D eigenvalue weighted by molar-refractivity contribution is 6.11. The van der Waals surface area contributed by atoms with Gasteiger partial charge in [-0.2, -0.15) is 0 Å². The van der Waals surface area contributed by atoms with E-state index in [1.54, 1.807) is 30.3 Å². The highest BCUT2D eigenvalue weighted by Gasteiger charge is 2.15. The quantitative estimate of drug-likeness (QED) is 0.824. The van der Waals surface area contributed by atoms with Gasteiger partial charge in [-0.05, 0) is 18.2 Å². The van der Waals surface area contributed by atoms with Gasteiger partial charge in [-0.25, -0.2) is 0 Å². The summed E-state index contributed by atoms with van der Waals surface area (Å²) >= 11 is 0. The Morgan fingerprint density at radius 1 is 1.00 bits per heavy atom. The molecule has 96 valence electrons. The number of rotatable bonds is 3.